The van der Waals surface area contributed by atoms with Gasteiger partial charge in [-0.3, -0.25) is 14.4 Å². The van der Waals surface area contributed by atoms with Gasteiger partial charge in [0.15, 0.2) is 5.78 Å². The molecule has 0 aliphatic rings. The van der Waals surface area contributed by atoms with Gasteiger partial charge in [0.1, 0.15) is 29.6 Å². The Balaban J connectivity index is 2.19. The number of ether oxygens (including phenoxy) is 2. The minimum Gasteiger partial charge on any atom is -0.496 e. The van der Waals surface area contributed by atoms with Crippen LogP contribution in [0.2, 0.25) is 5.02 Å². The van der Waals surface area contributed by atoms with Crippen LogP contribution in [-0.4, -0.2) is 31.3 Å². The highest BCUT2D eigenvalue weighted by Gasteiger charge is 2.19. The van der Waals surface area contributed by atoms with Gasteiger partial charge in [-0.05, 0) is 30.2 Å². The average Bonchev–Trinajstić information content (AvgIpc) is 2.65. The maximum atomic E-state index is 14.4. The number of esters is 1. The molecule has 2 aromatic carbocycles. The second-order valence-corrected chi connectivity index (χ2v) is 6.71. The fourth-order valence-electron chi connectivity index (χ4n) is 2.68. The van der Waals surface area contributed by atoms with Gasteiger partial charge in [0.2, 0.25) is 0 Å². The molecule has 0 aliphatic carbocycles. The summed E-state index contributed by atoms with van der Waals surface area (Å²) in [6.07, 6.45) is -0.623. The first-order valence-corrected chi connectivity index (χ1v) is 9.08. The van der Waals surface area contributed by atoms with E-state index in [1.165, 1.54) is 32.2 Å². The quantitative estimate of drug-likeness (QED) is 0.341. The van der Waals surface area contributed by atoms with Crippen molar-refractivity contribution in [1.29, 1.82) is 0 Å². The first-order valence-electron chi connectivity index (χ1n) is 8.70. The predicted octanol–water partition coefficient (Wildman–Crippen LogP) is 4.31. The lowest BCUT2D eigenvalue weighted by Crippen LogP contribution is -2.13. The Hall–Kier alpha value is -2.80. The number of benzene rings is 2. The molecule has 0 unspecified atom stereocenters. The number of halogens is 3. The summed E-state index contributed by atoms with van der Waals surface area (Å²) in [5.74, 6) is -2.97. The standard InChI is InChI=1S/C21H19ClF2O5/c1-12(25)8-20(27)29-7-6-18(26)15-10-14(19(28-2)11-17(15)23)9-13-4-3-5-16(22)21(13)24/h3-5,10-11H,6-9H2,1-2H3. The van der Waals surface area contributed by atoms with Crippen LogP contribution in [0.4, 0.5) is 8.78 Å². The van der Waals surface area contributed by atoms with Crippen LogP contribution in [0.3, 0.4) is 0 Å². The van der Waals surface area contributed by atoms with Gasteiger partial charge in [-0.1, -0.05) is 23.7 Å². The van der Waals surface area contributed by atoms with Crippen LogP contribution >= 0.6 is 11.6 Å². The molecule has 0 spiro atoms. The fourth-order valence-corrected chi connectivity index (χ4v) is 2.87. The molecule has 0 fully saturated rings. The van der Waals surface area contributed by atoms with E-state index in [4.69, 9.17) is 21.1 Å². The molecule has 0 saturated carbocycles. The van der Waals surface area contributed by atoms with E-state index >= 15 is 0 Å². The molecule has 0 heterocycles. The first kappa shape index (κ1) is 22.5. The second kappa shape index (κ2) is 10.1. The van der Waals surface area contributed by atoms with Gasteiger partial charge in [-0.25, -0.2) is 8.78 Å². The molecule has 0 amide bonds. The Morgan fingerprint density at radius 2 is 1.83 bits per heavy atom. The lowest BCUT2D eigenvalue weighted by molar-refractivity contribution is -0.145. The Morgan fingerprint density at radius 3 is 2.48 bits per heavy atom. The van der Waals surface area contributed by atoms with Gasteiger partial charge in [-0.15, -0.1) is 0 Å². The van der Waals surface area contributed by atoms with Crippen molar-refractivity contribution >= 4 is 29.1 Å². The topological polar surface area (TPSA) is 69.7 Å². The zero-order chi connectivity index (χ0) is 21.6. The summed E-state index contributed by atoms with van der Waals surface area (Å²) in [6.45, 7) is 0.956. The predicted molar refractivity (Wildman–Crippen MR) is 102 cm³/mol. The molecule has 2 rings (SSSR count). The average molecular weight is 425 g/mol. The maximum Gasteiger partial charge on any atom is 0.313 e. The third-order valence-electron chi connectivity index (χ3n) is 4.07. The molecule has 0 aliphatic heterocycles. The van der Waals surface area contributed by atoms with Crippen LogP contribution in [0, 0.1) is 11.6 Å². The van der Waals surface area contributed by atoms with E-state index in [0.29, 0.717) is 5.56 Å². The lowest BCUT2D eigenvalue weighted by Gasteiger charge is -2.13. The number of ketones is 2. The summed E-state index contributed by atoms with van der Waals surface area (Å²) in [5, 5.41) is -0.0488. The normalized spacial score (nSPS) is 10.5. The number of hydrogen-bond acceptors (Lipinski definition) is 5. The Morgan fingerprint density at radius 1 is 1.10 bits per heavy atom. The maximum absolute atomic E-state index is 14.4. The SMILES string of the molecule is COc1cc(F)c(C(=O)CCOC(=O)CC(C)=O)cc1Cc1cccc(Cl)c1F. The highest BCUT2D eigenvalue weighted by Crippen LogP contribution is 2.28. The zero-order valence-electron chi connectivity index (χ0n) is 15.9. The van der Waals surface area contributed by atoms with Crippen LogP contribution in [0.15, 0.2) is 30.3 Å². The fraction of sp³-hybridized carbons (Fsp3) is 0.286. The number of carbonyl (C=O) groups excluding carboxylic acids is 3. The molecule has 0 radical (unpaired) electrons. The smallest absolute Gasteiger partial charge is 0.313 e. The van der Waals surface area contributed by atoms with Crippen molar-refractivity contribution in [3.05, 3.63) is 63.7 Å². The number of Topliss-reactive ketones (excluding diaryl/α,β-unsaturated/α-hetero) is 2. The Bertz CT molecular complexity index is 943. The van der Waals surface area contributed by atoms with Gasteiger partial charge in [0.05, 0.1) is 24.3 Å². The van der Waals surface area contributed by atoms with Gasteiger partial charge < -0.3 is 9.47 Å². The van der Waals surface area contributed by atoms with Gasteiger partial charge >= 0.3 is 5.97 Å². The van der Waals surface area contributed by atoms with Crippen molar-refractivity contribution in [3.8, 4) is 5.75 Å². The van der Waals surface area contributed by atoms with Gasteiger partial charge in [0, 0.05) is 18.9 Å². The molecule has 0 N–H and O–H groups in total. The third-order valence-corrected chi connectivity index (χ3v) is 4.36. The van der Waals surface area contributed by atoms with Crippen molar-refractivity contribution in [2.75, 3.05) is 13.7 Å². The van der Waals surface area contributed by atoms with Crippen molar-refractivity contribution in [3.63, 3.8) is 0 Å². The molecule has 0 saturated heterocycles. The Labute approximate surface area is 171 Å². The van der Waals surface area contributed by atoms with Crippen LogP contribution in [0.25, 0.3) is 0 Å². The number of rotatable bonds is 9. The third kappa shape index (κ3) is 6.09. The van der Waals surface area contributed by atoms with E-state index < -0.39 is 23.4 Å². The first-order chi connectivity index (χ1) is 13.7. The highest BCUT2D eigenvalue weighted by molar-refractivity contribution is 6.30. The molecule has 154 valence electrons. The largest absolute Gasteiger partial charge is 0.496 e. The summed E-state index contributed by atoms with van der Waals surface area (Å²) in [4.78, 5) is 34.6. The van der Waals surface area contributed by atoms with Crippen LogP contribution in [-0.2, 0) is 20.7 Å². The van der Waals surface area contributed by atoms with E-state index in [1.807, 2.05) is 0 Å². The molecule has 29 heavy (non-hydrogen) atoms. The molecule has 0 bridgehead atoms. The molecule has 0 atom stereocenters. The van der Waals surface area contributed by atoms with Gasteiger partial charge in [-0.2, -0.15) is 0 Å². The van der Waals surface area contributed by atoms with Crippen LogP contribution in [0.1, 0.15) is 41.3 Å². The number of hydrogen-bond donors (Lipinski definition) is 0. The summed E-state index contributed by atoms with van der Waals surface area (Å²) in [7, 11) is 1.34. The van der Waals surface area contributed by atoms with Crippen LogP contribution in [0.5, 0.6) is 5.75 Å². The minimum atomic E-state index is -0.808. The molecular formula is C21H19ClF2O5. The van der Waals surface area contributed by atoms with E-state index in [1.54, 1.807) is 6.07 Å². The van der Waals surface area contributed by atoms with Crippen molar-refractivity contribution in [2.24, 2.45) is 0 Å². The molecular weight excluding hydrogens is 406 g/mol. The Kier molecular flexibility index (Phi) is 7.84. The number of carbonyl (C=O) groups is 3. The molecule has 2 aromatic rings. The zero-order valence-corrected chi connectivity index (χ0v) is 16.6. The molecule has 0 aromatic heterocycles. The van der Waals surface area contributed by atoms with Crippen molar-refractivity contribution in [2.45, 2.75) is 26.2 Å². The van der Waals surface area contributed by atoms with E-state index in [2.05, 4.69) is 0 Å². The second-order valence-electron chi connectivity index (χ2n) is 6.31. The molecule has 5 nitrogen and oxygen atoms in total. The van der Waals surface area contributed by atoms with Gasteiger partial charge in [0.25, 0.3) is 0 Å². The van der Waals surface area contributed by atoms with Crippen molar-refractivity contribution in [1.82, 2.24) is 0 Å². The van der Waals surface area contributed by atoms with E-state index in [9.17, 15) is 23.2 Å². The summed E-state index contributed by atoms with van der Waals surface area (Å²) >= 11 is 5.79. The van der Waals surface area contributed by atoms with E-state index in [0.717, 1.165) is 6.07 Å². The minimum absolute atomic E-state index is 0.0315. The van der Waals surface area contributed by atoms with E-state index in [-0.39, 0.29) is 53.6 Å². The monoisotopic (exact) mass is 424 g/mol. The summed E-state index contributed by atoms with van der Waals surface area (Å²) < 4.78 is 38.5. The highest BCUT2D eigenvalue weighted by atomic mass is 35.5. The lowest BCUT2D eigenvalue weighted by atomic mass is 9.98. The van der Waals surface area contributed by atoms with Crippen molar-refractivity contribution < 1.29 is 32.6 Å². The summed E-state index contributed by atoms with van der Waals surface area (Å²) in [6, 6.07) is 6.85. The summed E-state index contributed by atoms with van der Waals surface area (Å²) in [5.41, 5.74) is 0.428. The molecule has 8 heteroatoms. The number of methoxy groups -OCH3 is 1. The van der Waals surface area contributed by atoms with Crippen LogP contribution < -0.4 is 4.74 Å².